The molecule has 0 radical (unpaired) electrons. The van der Waals surface area contributed by atoms with Gasteiger partial charge in [0, 0.05) is 19.5 Å². The molecule has 1 heterocycles. The van der Waals surface area contributed by atoms with Gasteiger partial charge in [0.2, 0.25) is 5.91 Å². The van der Waals surface area contributed by atoms with Gasteiger partial charge < -0.3 is 21.1 Å². The minimum Gasteiger partial charge on any atom is -0.481 e. The van der Waals surface area contributed by atoms with Gasteiger partial charge in [0.1, 0.15) is 0 Å². The molecule has 0 aromatic carbocycles. The van der Waals surface area contributed by atoms with Crippen LogP contribution in [0.15, 0.2) is 0 Å². The molecular weight excluding hydrogens is 226 g/mol. The van der Waals surface area contributed by atoms with Crippen LogP contribution in [0.2, 0.25) is 0 Å². The number of rotatable bonds is 5. The molecule has 7 nitrogen and oxygen atoms in total. The van der Waals surface area contributed by atoms with Gasteiger partial charge in [-0.3, -0.25) is 9.59 Å². The highest BCUT2D eigenvalue weighted by molar-refractivity contribution is 5.81. The molecule has 1 saturated heterocycles. The van der Waals surface area contributed by atoms with E-state index in [1.54, 1.807) is 6.92 Å². The number of carbonyl (C=O) groups excluding carboxylic acids is 2. The van der Waals surface area contributed by atoms with Gasteiger partial charge in [-0.1, -0.05) is 6.92 Å². The minimum atomic E-state index is -0.877. The van der Waals surface area contributed by atoms with Crippen LogP contribution in [0, 0.1) is 5.92 Å². The molecular formula is C10H17N3O4. The molecule has 2 atom stereocenters. The largest absolute Gasteiger partial charge is 0.481 e. The van der Waals surface area contributed by atoms with E-state index in [1.807, 2.05) is 0 Å². The predicted octanol–water partition coefficient (Wildman–Crippen LogP) is -0.715. The number of hydrogen-bond acceptors (Lipinski definition) is 3. The Bertz CT molecular complexity index is 319. The molecule has 1 rings (SSSR count). The van der Waals surface area contributed by atoms with Gasteiger partial charge in [-0.2, -0.15) is 0 Å². The second-order valence-electron chi connectivity index (χ2n) is 4.13. The summed E-state index contributed by atoms with van der Waals surface area (Å²) in [5, 5.41) is 16.4. The van der Waals surface area contributed by atoms with Gasteiger partial charge in [-0.25, -0.2) is 4.79 Å². The van der Waals surface area contributed by atoms with E-state index in [0.29, 0.717) is 25.9 Å². The van der Waals surface area contributed by atoms with Crippen LogP contribution < -0.4 is 16.0 Å². The molecule has 2 unspecified atom stereocenters. The van der Waals surface area contributed by atoms with Gasteiger partial charge >= 0.3 is 12.0 Å². The van der Waals surface area contributed by atoms with E-state index in [2.05, 4.69) is 16.0 Å². The van der Waals surface area contributed by atoms with Crippen molar-refractivity contribution in [2.24, 2.45) is 5.92 Å². The monoisotopic (exact) mass is 243 g/mol. The summed E-state index contributed by atoms with van der Waals surface area (Å²) in [4.78, 5) is 32.7. The molecule has 0 aromatic rings. The van der Waals surface area contributed by atoms with Crippen molar-refractivity contribution in [3.05, 3.63) is 0 Å². The zero-order valence-corrected chi connectivity index (χ0v) is 9.66. The zero-order chi connectivity index (χ0) is 12.8. The molecule has 0 saturated carbocycles. The lowest BCUT2D eigenvalue weighted by Crippen LogP contribution is -2.43. The van der Waals surface area contributed by atoms with Crippen molar-refractivity contribution < 1.29 is 19.5 Å². The van der Waals surface area contributed by atoms with Crippen molar-refractivity contribution in [2.45, 2.75) is 25.8 Å². The van der Waals surface area contributed by atoms with Crippen molar-refractivity contribution in [2.75, 3.05) is 13.1 Å². The standard InChI is InChI=1S/C10H17N3O4/c1-6(9(15)16)2-3-11-10(17)13-7-4-8(14)12-5-7/h6-7H,2-5H2,1H3,(H,12,14)(H,15,16)(H2,11,13,17). The first-order valence-corrected chi connectivity index (χ1v) is 5.53. The third-order valence-electron chi connectivity index (χ3n) is 2.60. The molecule has 3 amide bonds. The fourth-order valence-electron chi connectivity index (χ4n) is 1.47. The Hall–Kier alpha value is -1.79. The summed E-state index contributed by atoms with van der Waals surface area (Å²) in [5.74, 6) is -1.43. The Kier molecular flexibility index (Phi) is 4.74. The fourth-order valence-corrected chi connectivity index (χ4v) is 1.47. The van der Waals surface area contributed by atoms with Crippen molar-refractivity contribution in [3.8, 4) is 0 Å². The van der Waals surface area contributed by atoms with E-state index < -0.39 is 11.9 Å². The molecule has 17 heavy (non-hydrogen) atoms. The van der Waals surface area contributed by atoms with E-state index in [1.165, 1.54) is 0 Å². The summed E-state index contributed by atoms with van der Waals surface area (Å²) in [7, 11) is 0. The van der Waals surface area contributed by atoms with Gasteiger partial charge in [0.15, 0.2) is 0 Å². The zero-order valence-electron chi connectivity index (χ0n) is 9.66. The Morgan fingerprint density at radius 1 is 1.59 bits per heavy atom. The van der Waals surface area contributed by atoms with Crippen LogP contribution >= 0.6 is 0 Å². The number of carboxylic acids is 1. The smallest absolute Gasteiger partial charge is 0.315 e. The van der Waals surface area contributed by atoms with Crippen molar-refractivity contribution in [1.29, 1.82) is 0 Å². The SMILES string of the molecule is CC(CCNC(=O)NC1CNC(=O)C1)C(=O)O. The Morgan fingerprint density at radius 3 is 2.82 bits per heavy atom. The van der Waals surface area contributed by atoms with Crippen LogP contribution in [-0.2, 0) is 9.59 Å². The minimum absolute atomic E-state index is 0.0743. The Balaban J connectivity index is 2.13. The molecule has 1 fully saturated rings. The number of aliphatic carboxylic acids is 1. The first-order chi connectivity index (χ1) is 7.99. The van der Waals surface area contributed by atoms with Crippen LogP contribution in [-0.4, -0.2) is 42.1 Å². The first-order valence-electron chi connectivity index (χ1n) is 5.53. The fraction of sp³-hybridized carbons (Fsp3) is 0.700. The second-order valence-corrected chi connectivity index (χ2v) is 4.13. The predicted molar refractivity (Wildman–Crippen MR) is 59.4 cm³/mol. The summed E-state index contributed by atoms with van der Waals surface area (Å²) >= 11 is 0. The highest BCUT2D eigenvalue weighted by Gasteiger charge is 2.22. The molecule has 7 heteroatoms. The summed E-state index contributed by atoms with van der Waals surface area (Å²) < 4.78 is 0. The van der Waals surface area contributed by atoms with Crippen LogP contribution in [0.4, 0.5) is 4.79 Å². The van der Waals surface area contributed by atoms with Crippen molar-refractivity contribution in [3.63, 3.8) is 0 Å². The van der Waals surface area contributed by atoms with Crippen LogP contribution in [0.3, 0.4) is 0 Å². The highest BCUT2D eigenvalue weighted by atomic mass is 16.4. The molecule has 0 bridgehead atoms. The van der Waals surface area contributed by atoms with Crippen LogP contribution in [0.1, 0.15) is 19.8 Å². The highest BCUT2D eigenvalue weighted by Crippen LogP contribution is 2.00. The summed E-state index contributed by atoms with van der Waals surface area (Å²) in [6.45, 7) is 2.33. The van der Waals surface area contributed by atoms with E-state index in [0.717, 1.165) is 0 Å². The average molecular weight is 243 g/mol. The van der Waals surface area contributed by atoms with Crippen LogP contribution in [0.5, 0.6) is 0 Å². The van der Waals surface area contributed by atoms with Crippen molar-refractivity contribution in [1.82, 2.24) is 16.0 Å². The lowest BCUT2D eigenvalue weighted by Gasteiger charge is -2.12. The van der Waals surface area contributed by atoms with E-state index in [-0.39, 0.29) is 18.0 Å². The maximum atomic E-state index is 11.3. The van der Waals surface area contributed by atoms with Gasteiger partial charge in [0.25, 0.3) is 0 Å². The van der Waals surface area contributed by atoms with E-state index in [9.17, 15) is 14.4 Å². The Morgan fingerprint density at radius 2 is 2.29 bits per heavy atom. The van der Waals surface area contributed by atoms with Gasteiger partial charge in [-0.15, -0.1) is 0 Å². The maximum Gasteiger partial charge on any atom is 0.315 e. The third kappa shape index (κ3) is 4.71. The summed E-state index contributed by atoms with van der Waals surface area (Å²) in [6.07, 6.45) is 0.670. The molecule has 4 N–H and O–H groups in total. The average Bonchev–Trinajstić information content (AvgIpc) is 2.63. The van der Waals surface area contributed by atoms with E-state index >= 15 is 0 Å². The molecule has 0 spiro atoms. The van der Waals surface area contributed by atoms with Crippen LogP contribution in [0.25, 0.3) is 0 Å². The lowest BCUT2D eigenvalue weighted by molar-refractivity contribution is -0.141. The number of hydrogen-bond donors (Lipinski definition) is 4. The van der Waals surface area contributed by atoms with Crippen molar-refractivity contribution >= 4 is 17.9 Å². The third-order valence-corrected chi connectivity index (χ3v) is 2.60. The maximum absolute atomic E-state index is 11.3. The summed E-state index contributed by atoms with van der Waals surface area (Å²) in [5.41, 5.74) is 0. The number of nitrogens with one attached hydrogen (secondary N) is 3. The van der Waals surface area contributed by atoms with Gasteiger partial charge in [-0.05, 0) is 6.42 Å². The first kappa shape index (κ1) is 13.3. The molecule has 0 aliphatic carbocycles. The number of carboxylic acid groups (broad SMARTS) is 1. The number of amides is 3. The normalized spacial score (nSPS) is 20.5. The topological polar surface area (TPSA) is 108 Å². The van der Waals surface area contributed by atoms with Gasteiger partial charge in [0.05, 0.1) is 12.0 Å². The number of carbonyl (C=O) groups is 3. The Labute approximate surface area is 98.9 Å². The lowest BCUT2D eigenvalue weighted by atomic mass is 10.1. The molecule has 0 aromatic heterocycles. The van der Waals surface area contributed by atoms with E-state index in [4.69, 9.17) is 5.11 Å². The summed E-state index contributed by atoms with van der Waals surface area (Å²) in [6, 6.07) is -0.552. The molecule has 96 valence electrons. The second kappa shape index (κ2) is 6.07. The molecule has 1 aliphatic heterocycles. The quantitative estimate of drug-likeness (QED) is 0.511. The number of urea groups is 1. The molecule has 1 aliphatic rings.